The molecular formula is C23H19NO2. The van der Waals surface area contributed by atoms with Crippen LogP contribution in [0.4, 0.5) is 0 Å². The van der Waals surface area contributed by atoms with E-state index in [2.05, 4.69) is 35.7 Å². The molecule has 1 N–H and O–H groups in total. The highest BCUT2D eigenvalue weighted by Gasteiger charge is 2.40. The lowest BCUT2D eigenvalue weighted by Gasteiger charge is -2.35. The molecule has 3 nitrogen and oxygen atoms in total. The minimum Gasteiger partial charge on any atom is -0.478 e. The third-order valence-electron chi connectivity index (χ3n) is 4.42. The maximum Gasteiger partial charge on any atom is 0.264 e. The number of benzene rings is 3. The Labute approximate surface area is 152 Å². The van der Waals surface area contributed by atoms with E-state index < -0.39 is 6.10 Å². The molecule has 3 aromatic carbocycles. The highest BCUT2D eigenvalue weighted by Crippen LogP contribution is 2.27. The van der Waals surface area contributed by atoms with Crippen molar-refractivity contribution in [3.8, 4) is 5.75 Å². The number of hydrogen-bond acceptors (Lipinski definition) is 2. The summed E-state index contributed by atoms with van der Waals surface area (Å²) in [5.74, 6) is 0.613. The molecule has 2 unspecified atom stereocenters. The largest absolute Gasteiger partial charge is 0.478 e. The third-order valence-corrected chi connectivity index (χ3v) is 4.42. The van der Waals surface area contributed by atoms with Gasteiger partial charge in [-0.25, -0.2) is 0 Å². The molecule has 1 amide bonds. The maximum absolute atomic E-state index is 12.0. The Kier molecular flexibility index (Phi) is 4.52. The molecule has 4 rings (SSSR count). The van der Waals surface area contributed by atoms with E-state index in [1.807, 2.05) is 66.7 Å². The average Bonchev–Trinajstić information content (AvgIpc) is 2.71. The molecule has 0 saturated carbocycles. The first-order chi connectivity index (χ1) is 12.8. The van der Waals surface area contributed by atoms with Crippen LogP contribution in [0, 0.1) is 0 Å². The van der Waals surface area contributed by atoms with Crippen molar-refractivity contribution in [2.75, 3.05) is 0 Å². The fraction of sp³-hybridized carbons (Fsp3) is 0.0870. The Hall–Kier alpha value is -3.33. The van der Waals surface area contributed by atoms with Crippen LogP contribution < -0.4 is 10.1 Å². The molecule has 1 heterocycles. The number of nitrogens with one attached hydrogen (secondary N) is 1. The predicted molar refractivity (Wildman–Crippen MR) is 103 cm³/mol. The molecule has 0 radical (unpaired) electrons. The second-order valence-electron chi connectivity index (χ2n) is 6.20. The summed E-state index contributed by atoms with van der Waals surface area (Å²) in [6.07, 6.45) is 1.57. The van der Waals surface area contributed by atoms with Crippen LogP contribution in [0.15, 0.2) is 97.1 Å². The number of rotatable bonds is 5. The van der Waals surface area contributed by atoms with Gasteiger partial charge in [0.05, 0.1) is 6.04 Å². The van der Waals surface area contributed by atoms with Gasteiger partial charge in [-0.05, 0) is 34.9 Å². The fourth-order valence-electron chi connectivity index (χ4n) is 3.06. The normalized spacial score (nSPS) is 18.4. The summed E-state index contributed by atoms with van der Waals surface area (Å²) in [6, 6.07) is 29.6. The van der Waals surface area contributed by atoms with Crippen molar-refractivity contribution in [2.45, 2.75) is 12.1 Å². The van der Waals surface area contributed by atoms with Crippen LogP contribution in [-0.2, 0) is 4.79 Å². The zero-order valence-electron chi connectivity index (χ0n) is 14.2. The smallest absolute Gasteiger partial charge is 0.264 e. The molecule has 26 heavy (non-hydrogen) atoms. The van der Waals surface area contributed by atoms with Gasteiger partial charge in [0.15, 0.2) is 0 Å². The molecule has 1 aliphatic heterocycles. The van der Waals surface area contributed by atoms with Gasteiger partial charge in [-0.1, -0.05) is 78.9 Å². The van der Waals surface area contributed by atoms with Crippen molar-refractivity contribution in [1.82, 2.24) is 5.32 Å². The van der Waals surface area contributed by atoms with E-state index in [1.54, 1.807) is 0 Å². The second kappa shape index (κ2) is 7.28. The highest BCUT2D eigenvalue weighted by atomic mass is 16.5. The van der Waals surface area contributed by atoms with E-state index in [-0.39, 0.29) is 11.9 Å². The van der Waals surface area contributed by atoms with Crippen LogP contribution in [0.5, 0.6) is 5.75 Å². The second-order valence-corrected chi connectivity index (χ2v) is 6.20. The number of hydrogen-bond donors (Lipinski definition) is 1. The Morgan fingerprint density at radius 1 is 0.769 bits per heavy atom. The monoisotopic (exact) mass is 341 g/mol. The molecule has 3 aromatic rings. The van der Waals surface area contributed by atoms with Crippen molar-refractivity contribution >= 4 is 11.5 Å². The van der Waals surface area contributed by atoms with Gasteiger partial charge < -0.3 is 10.1 Å². The van der Waals surface area contributed by atoms with E-state index in [0.29, 0.717) is 5.75 Å². The summed E-state index contributed by atoms with van der Waals surface area (Å²) in [5.41, 5.74) is 3.30. The molecule has 0 bridgehead atoms. The lowest BCUT2D eigenvalue weighted by molar-refractivity contribution is -0.138. The number of β-lactam (4-membered cyclic amide) rings is 1. The first-order valence-corrected chi connectivity index (χ1v) is 8.66. The van der Waals surface area contributed by atoms with Gasteiger partial charge in [-0.15, -0.1) is 0 Å². The quantitative estimate of drug-likeness (QED) is 0.711. The number of para-hydroxylation sites is 1. The molecule has 0 spiro atoms. The standard InChI is InChI=1S/C23H19NO2/c25-23-22(26-19-14-8-3-9-15-19)21(24-23)16-20(17-10-4-1-5-11-17)18-12-6-2-7-13-18/h1-16,21-22H,(H,24,25). The van der Waals surface area contributed by atoms with E-state index in [9.17, 15) is 4.79 Å². The summed E-state index contributed by atoms with van der Waals surface area (Å²) in [7, 11) is 0. The summed E-state index contributed by atoms with van der Waals surface area (Å²) in [6.45, 7) is 0. The van der Waals surface area contributed by atoms with Gasteiger partial charge in [-0.3, -0.25) is 4.79 Å². The predicted octanol–water partition coefficient (Wildman–Crippen LogP) is 4.06. The SMILES string of the molecule is O=C1NC(C=C(c2ccccc2)c2ccccc2)C1Oc1ccccc1. The van der Waals surface area contributed by atoms with Gasteiger partial charge in [0, 0.05) is 0 Å². The third kappa shape index (κ3) is 3.38. The van der Waals surface area contributed by atoms with Crippen molar-refractivity contribution in [1.29, 1.82) is 0 Å². The van der Waals surface area contributed by atoms with Gasteiger partial charge in [0.2, 0.25) is 6.10 Å². The lowest BCUT2D eigenvalue weighted by atomic mass is 9.92. The Morgan fingerprint density at radius 2 is 1.27 bits per heavy atom. The zero-order valence-corrected chi connectivity index (χ0v) is 14.2. The molecule has 0 aliphatic carbocycles. The average molecular weight is 341 g/mol. The van der Waals surface area contributed by atoms with Crippen LogP contribution in [0.1, 0.15) is 11.1 Å². The maximum atomic E-state index is 12.0. The molecule has 1 aliphatic rings. The van der Waals surface area contributed by atoms with Gasteiger partial charge >= 0.3 is 0 Å². The van der Waals surface area contributed by atoms with E-state index >= 15 is 0 Å². The molecule has 1 fully saturated rings. The summed E-state index contributed by atoms with van der Waals surface area (Å²) >= 11 is 0. The molecule has 128 valence electrons. The number of carbonyl (C=O) groups is 1. The Balaban J connectivity index is 1.65. The van der Waals surface area contributed by atoms with E-state index in [0.717, 1.165) is 16.7 Å². The lowest BCUT2D eigenvalue weighted by Crippen LogP contribution is -2.64. The topological polar surface area (TPSA) is 38.3 Å². The minimum absolute atomic E-state index is 0.0874. The number of carbonyl (C=O) groups excluding carboxylic acids is 1. The first kappa shape index (κ1) is 16.2. The molecule has 0 aromatic heterocycles. The van der Waals surface area contributed by atoms with Gasteiger partial charge in [0.25, 0.3) is 5.91 Å². The number of amides is 1. The van der Waals surface area contributed by atoms with Crippen molar-refractivity contribution in [3.05, 3.63) is 108 Å². The van der Waals surface area contributed by atoms with Crippen LogP contribution in [0.2, 0.25) is 0 Å². The zero-order chi connectivity index (χ0) is 17.8. The van der Waals surface area contributed by atoms with Crippen LogP contribution in [0.3, 0.4) is 0 Å². The van der Waals surface area contributed by atoms with Crippen molar-refractivity contribution < 1.29 is 9.53 Å². The summed E-state index contributed by atoms with van der Waals surface area (Å²) in [5, 5.41) is 2.94. The number of ether oxygens (including phenoxy) is 1. The Bertz CT molecular complexity index is 863. The van der Waals surface area contributed by atoms with Crippen molar-refractivity contribution in [2.24, 2.45) is 0 Å². The molecule has 1 saturated heterocycles. The van der Waals surface area contributed by atoms with E-state index in [1.165, 1.54) is 0 Å². The first-order valence-electron chi connectivity index (χ1n) is 8.66. The van der Waals surface area contributed by atoms with Gasteiger partial charge in [-0.2, -0.15) is 0 Å². The fourth-order valence-corrected chi connectivity index (χ4v) is 3.06. The molecule has 2 atom stereocenters. The van der Waals surface area contributed by atoms with E-state index in [4.69, 9.17) is 4.74 Å². The van der Waals surface area contributed by atoms with Crippen LogP contribution in [-0.4, -0.2) is 18.1 Å². The van der Waals surface area contributed by atoms with Crippen molar-refractivity contribution in [3.63, 3.8) is 0 Å². The molecular weight excluding hydrogens is 322 g/mol. The Morgan fingerprint density at radius 3 is 1.77 bits per heavy atom. The summed E-state index contributed by atoms with van der Waals surface area (Å²) < 4.78 is 5.89. The minimum atomic E-state index is -0.514. The van der Waals surface area contributed by atoms with Gasteiger partial charge in [0.1, 0.15) is 5.75 Å². The highest BCUT2D eigenvalue weighted by molar-refractivity contribution is 5.91. The van der Waals surface area contributed by atoms with Crippen LogP contribution >= 0.6 is 0 Å². The summed E-state index contributed by atoms with van der Waals surface area (Å²) in [4.78, 5) is 12.0. The van der Waals surface area contributed by atoms with Crippen LogP contribution in [0.25, 0.3) is 5.57 Å². The molecule has 3 heteroatoms.